The number of nitrogens with zero attached hydrogens (tertiary/aromatic N) is 5. The van der Waals surface area contributed by atoms with Crippen LogP contribution in [0.1, 0.15) is 130 Å². The summed E-state index contributed by atoms with van der Waals surface area (Å²) in [6.07, 6.45) is -6.44. The second kappa shape index (κ2) is 31.3. The van der Waals surface area contributed by atoms with Crippen LogP contribution in [0.2, 0.25) is 0 Å². The Hall–Kier alpha value is -9.19. The molecule has 6 aromatic rings. The molecule has 11 atom stereocenters. The number of benzene rings is 4. The molecule has 0 radical (unpaired) electrons. The quantitative estimate of drug-likeness (QED) is 0.0422. The molecule has 4 aromatic carbocycles. The van der Waals surface area contributed by atoms with Gasteiger partial charge in [0.05, 0.1) is 29.1 Å². The number of carbonyl (C=O) groups is 9. The highest BCUT2D eigenvalue weighted by Crippen LogP contribution is 2.47. The molecule has 24 heteroatoms. The Morgan fingerprint density at radius 3 is 1.67 bits per heavy atom. The molecule has 0 spiro atoms. The number of amides is 5. The number of carbonyl (C=O) groups excluding carboxylic acids is 9. The van der Waals surface area contributed by atoms with Crippen molar-refractivity contribution in [2.24, 2.45) is 17.8 Å². The van der Waals surface area contributed by atoms with Gasteiger partial charge in [-0.3, -0.25) is 38.5 Å². The molecule has 9 rings (SSSR count). The van der Waals surface area contributed by atoms with Gasteiger partial charge in [-0.05, 0) is 130 Å². The number of aromatic nitrogens is 2. The first-order valence-corrected chi connectivity index (χ1v) is 33.2. The van der Waals surface area contributed by atoms with Crippen LogP contribution in [0.25, 0.3) is 33.2 Å². The van der Waals surface area contributed by atoms with E-state index in [-0.39, 0.29) is 62.1 Å². The molecule has 22 nitrogen and oxygen atoms in total. The highest BCUT2D eigenvalue weighted by Gasteiger charge is 2.53. The average Bonchev–Trinajstić information content (AvgIpc) is 1.58. The van der Waals surface area contributed by atoms with Gasteiger partial charge in [0.25, 0.3) is 0 Å². The number of aromatic amines is 1. The summed E-state index contributed by atoms with van der Waals surface area (Å²) in [5.41, 5.74) is 3.81. The average molecular weight is 1340 g/mol. The van der Waals surface area contributed by atoms with Crippen molar-refractivity contribution in [2.75, 3.05) is 27.2 Å². The first kappa shape index (κ1) is 72.1. The number of ketones is 1. The second-order valence-corrected chi connectivity index (χ2v) is 26.4. The van der Waals surface area contributed by atoms with Crippen LogP contribution in [-0.4, -0.2) is 165 Å². The number of H-pyrrole nitrogens is 1. The number of rotatable bonds is 24. The standard InChI is InChI=1S/C73H89F2N7O15/c1-40(2)56(37-61(86)42(5)78(11)72(90)92-38-48-21-15-13-16-22-48)69(88)80-31-19-25-52(80)35-57-54-29-27-50(74)33-59(54)76-63(57)64-58(55-30-28-51(75)34-60(55)82(64)71-67(97-47(10)85)66(96-46(9)84)65(44(7)94-71)95-45(8)83)36-53-26-20-32-81(53)70(89)62(41(3)4)77-68(87)43(6)79(12)73(91)93-39-49-23-17-14-18-24-49/h13-18,21-24,27-30,33-34,40-44,52-53,56,62,65-67,71,76H,19-20,25-26,31-32,35-39H2,1-12H3,(H,77,87)/t42-,43-,44-,52-,53-,56-,62-,65+,66+,67-,71-/m0/s1. The molecule has 5 heterocycles. The molecule has 2 aromatic heterocycles. The Kier molecular flexibility index (Phi) is 23.3. The highest BCUT2D eigenvalue weighted by molar-refractivity contribution is 5.98. The molecular weight excluding hydrogens is 1250 g/mol. The molecule has 0 aliphatic carbocycles. The fourth-order valence-corrected chi connectivity index (χ4v) is 13.6. The van der Waals surface area contributed by atoms with Crippen molar-refractivity contribution < 1.29 is 80.4 Å². The molecule has 5 amide bonds. The SMILES string of the molecule is CC(=O)O[C@@H]1[C@H](OC(C)=O)[C@H](C)O[C@H](n2c(-c3[nH]c4cc(F)ccc4c3C[C@@H]3CCCN3C(=O)[C@@H](CC(=O)[C@H](C)N(C)C(=O)OCc3ccccc3)C(C)C)c(C[C@@H]3CCCN3C(=O)[C@@H](NC(=O)[C@H](C)N(C)C(=O)OCc3ccccc3)C(C)C)c3ccc(F)cc32)[C@H]1OC(C)=O. The van der Waals surface area contributed by atoms with Gasteiger partial charge >= 0.3 is 30.1 Å². The number of fused-ring (bicyclic) bond motifs is 2. The maximum Gasteiger partial charge on any atom is 0.410 e. The molecule has 3 aliphatic rings. The number of halogens is 2. The van der Waals surface area contributed by atoms with Crippen molar-refractivity contribution in [1.82, 2.24) is 34.5 Å². The molecular formula is C73H89F2N7O15. The molecule has 0 saturated carbocycles. The monoisotopic (exact) mass is 1340 g/mol. The number of hydrogen-bond acceptors (Lipinski definition) is 15. The van der Waals surface area contributed by atoms with E-state index in [0.717, 1.165) is 36.8 Å². The number of hydrogen-bond donors (Lipinski definition) is 2. The van der Waals surface area contributed by atoms with E-state index in [2.05, 4.69) is 10.3 Å². The lowest BCUT2D eigenvalue weighted by molar-refractivity contribution is -0.258. The molecule has 0 bridgehead atoms. The van der Waals surface area contributed by atoms with E-state index in [1.54, 1.807) is 66.3 Å². The third-order valence-corrected chi connectivity index (χ3v) is 19.0. The van der Waals surface area contributed by atoms with E-state index >= 15 is 18.4 Å². The molecule has 2 N–H and O–H groups in total. The van der Waals surface area contributed by atoms with Crippen molar-refractivity contribution in [3.05, 3.63) is 131 Å². The van der Waals surface area contributed by atoms with Crippen molar-refractivity contribution in [2.45, 2.75) is 188 Å². The largest absolute Gasteiger partial charge is 0.456 e. The fourth-order valence-electron chi connectivity index (χ4n) is 13.6. The lowest BCUT2D eigenvalue weighted by atomic mass is 9.87. The van der Waals surface area contributed by atoms with Gasteiger partial charge in [0.15, 0.2) is 30.3 Å². The van der Waals surface area contributed by atoms with Crippen LogP contribution in [0, 0.1) is 29.4 Å². The highest BCUT2D eigenvalue weighted by atomic mass is 19.1. The van der Waals surface area contributed by atoms with Crippen LogP contribution < -0.4 is 5.32 Å². The predicted molar refractivity (Wildman–Crippen MR) is 355 cm³/mol. The second-order valence-electron chi connectivity index (χ2n) is 26.4. The summed E-state index contributed by atoms with van der Waals surface area (Å²) in [5, 5.41) is 3.93. The molecule has 0 unspecified atom stereocenters. The van der Waals surface area contributed by atoms with Gasteiger partial charge in [0.2, 0.25) is 17.7 Å². The predicted octanol–water partition coefficient (Wildman–Crippen LogP) is 10.5. The maximum absolute atomic E-state index is 16.4. The van der Waals surface area contributed by atoms with Crippen molar-refractivity contribution in [1.29, 1.82) is 0 Å². The maximum atomic E-state index is 16.4. The zero-order chi connectivity index (χ0) is 70.3. The van der Waals surface area contributed by atoms with Gasteiger partial charge in [-0.2, -0.15) is 0 Å². The van der Waals surface area contributed by atoms with Gasteiger partial charge in [-0.1, -0.05) is 88.4 Å². The first-order valence-electron chi connectivity index (χ1n) is 33.2. The molecule has 3 saturated heterocycles. The third-order valence-electron chi connectivity index (χ3n) is 19.0. The van der Waals surface area contributed by atoms with Gasteiger partial charge in [0, 0.05) is 88.7 Å². The van der Waals surface area contributed by atoms with Gasteiger partial charge in [-0.15, -0.1) is 0 Å². The number of esters is 3. The zero-order valence-electron chi connectivity index (χ0n) is 57.1. The summed E-state index contributed by atoms with van der Waals surface area (Å²) in [5.74, 6) is -6.91. The lowest BCUT2D eigenvalue weighted by Gasteiger charge is -2.44. The minimum absolute atomic E-state index is 0.0000620. The Labute approximate surface area is 563 Å². The van der Waals surface area contributed by atoms with E-state index in [1.165, 1.54) is 50.2 Å². The molecule has 97 heavy (non-hydrogen) atoms. The van der Waals surface area contributed by atoms with Crippen LogP contribution in [0.15, 0.2) is 97.1 Å². The smallest absolute Gasteiger partial charge is 0.410 e. The lowest BCUT2D eigenvalue weighted by Crippen LogP contribution is -2.58. The Balaban J connectivity index is 1.13. The Morgan fingerprint density at radius 1 is 0.619 bits per heavy atom. The Bertz CT molecular complexity index is 3880. The van der Waals surface area contributed by atoms with Crippen LogP contribution in [0.3, 0.4) is 0 Å². The normalized spacial score (nSPS) is 20.6. The summed E-state index contributed by atoms with van der Waals surface area (Å²) >= 11 is 0. The minimum atomic E-state index is -1.61. The summed E-state index contributed by atoms with van der Waals surface area (Å²) in [6.45, 7) is 16.1. The van der Waals surface area contributed by atoms with Crippen LogP contribution in [0.4, 0.5) is 18.4 Å². The van der Waals surface area contributed by atoms with Crippen molar-refractivity contribution >= 4 is 75.4 Å². The number of ether oxygens (including phenoxy) is 6. The van der Waals surface area contributed by atoms with Gasteiger partial charge < -0.3 is 58.0 Å². The van der Waals surface area contributed by atoms with Crippen LogP contribution in [0.5, 0.6) is 0 Å². The minimum Gasteiger partial charge on any atom is -0.456 e. The van der Waals surface area contributed by atoms with E-state index < -0.39 is 126 Å². The topological polar surface area (TPSA) is 255 Å². The van der Waals surface area contributed by atoms with E-state index in [9.17, 15) is 33.6 Å². The Morgan fingerprint density at radius 2 is 1.12 bits per heavy atom. The van der Waals surface area contributed by atoms with E-state index in [1.807, 2.05) is 62.4 Å². The number of likely N-dealkylation sites (N-methyl/N-ethyl adjacent to an activating group) is 2. The molecule has 3 fully saturated rings. The summed E-state index contributed by atoms with van der Waals surface area (Å²) in [4.78, 5) is 134. The molecule has 520 valence electrons. The number of nitrogens with one attached hydrogen (secondary N) is 2. The zero-order valence-corrected chi connectivity index (χ0v) is 57.1. The van der Waals surface area contributed by atoms with Crippen LogP contribution in [-0.2, 0) is 88.0 Å². The van der Waals surface area contributed by atoms with E-state index in [0.29, 0.717) is 71.0 Å². The third kappa shape index (κ3) is 16.5. The van der Waals surface area contributed by atoms with Gasteiger partial charge in [0.1, 0.15) is 36.9 Å². The number of Topliss-reactive ketones (excluding diaryl/α,β-unsaturated/α-hetero) is 1. The fraction of sp³-hybridized carbons (Fsp3) is 0.493. The van der Waals surface area contributed by atoms with Crippen LogP contribution >= 0.6 is 0 Å². The van der Waals surface area contributed by atoms with Gasteiger partial charge in [-0.25, -0.2) is 18.4 Å². The van der Waals surface area contributed by atoms with Crippen molar-refractivity contribution in [3.63, 3.8) is 0 Å². The summed E-state index contributed by atoms with van der Waals surface area (Å²) in [6, 6.07) is 22.4. The van der Waals surface area contributed by atoms with E-state index in [4.69, 9.17) is 28.4 Å². The number of likely N-dealkylation sites (tertiary alicyclic amines) is 2. The summed E-state index contributed by atoms with van der Waals surface area (Å²) in [7, 11) is 2.92. The summed E-state index contributed by atoms with van der Waals surface area (Å²) < 4.78 is 69.7. The molecule has 3 aliphatic heterocycles. The first-order chi connectivity index (χ1) is 46.1. The van der Waals surface area contributed by atoms with Crippen molar-refractivity contribution in [3.8, 4) is 11.4 Å².